The molecule has 0 spiro atoms. The van der Waals surface area contributed by atoms with Crippen LogP contribution in [0.25, 0.3) is 10.3 Å². The summed E-state index contributed by atoms with van der Waals surface area (Å²) in [6, 6.07) is 10.2. The number of hydrogen-bond donors (Lipinski definition) is 1. The molecule has 1 N–H and O–H groups in total. The summed E-state index contributed by atoms with van der Waals surface area (Å²) in [5.74, 6) is 0.983. The number of methoxy groups -OCH3 is 1. The molecule has 0 radical (unpaired) electrons. The summed E-state index contributed by atoms with van der Waals surface area (Å²) in [6.07, 6.45) is 2.78. The van der Waals surface area contributed by atoms with Crippen LogP contribution in [0.1, 0.15) is 18.4 Å². The number of ether oxygens (including phenoxy) is 3. The van der Waals surface area contributed by atoms with Gasteiger partial charge in [0.15, 0.2) is 20.4 Å². The summed E-state index contributed by atoms with van der Waals surface area (Å²) in [6.45, 7) is 1.44. The highest BCUT2D eigenvalue weighted by atomic mass is 32.2. The molecule has 1 unspecified atom stereocenters. The van der Waals surface area contributed by atoms with Crippen LogP contribution >= 0.6 is 11.3 Å². The van der Waals surface area contributed by atoms with Crippen LogP contribution in [0.2, 0.25) is 0 Å². The van der Waals surface area contributed by atoms with E-state index in [1.165, 1.54) is 18.4 Å². The van der Waals surface area contributed by atoms with Gasteiger partial charge in [-0.15, -0.1) is 0 Å². The van der Waals surface area contributed by atoms with E-state index in [1.54, 1.807) is 30.3 Å². The fourth-order valence-corrected chi connectivity index (χ4v) is 6.46. The average molecular weight is 559 g/mol. The zero-order chi connectivity index (χ0) is 26.9. The van der Waals surface area contributed by atoms with E-state index < -0.39 is 15.3 Å². The molecule has 3 aromatic rings. The molecule has 2 atom stereocenters. The van der Waals surface area contributed by atoms with Crippen LogP contribution in [-0.2, 0) is 34.3 Å². The zero-order valence-electron chi connectivity index (χ0n) is 21.5. The summed E-state index contributed by atoms with van der Waals surface area (Å²) >= 11 is 1.29. The molecule has 5 rings (SSSR count). The Balaban J connectivity index is 1.39. The van der Waals surface area contributed by atoms with Gasteiger partial charge in [0.05, 0.1) is 23.9 Å². The predicted octanol–water partition coefficient (Wildman–Crippen LogP) is 3.15. The first-order chi connectivity index (χ1) is 18.2. The Labute approximate surface area is 225 Å². The molecule has 2 aliphatic rings. The number of anilines is 2. The third-order valence-electron chi connectivity index (χ3n) is 6.54. The zero-order valence-corrected chi connectivity index (χ0v) is 23.1. The monoisotopic (exact) mass is 558 g/mol. The van der Waals surface area contributed by atoms with Crippen molar-refractivity contribution in [3.05, 3.63) is 53.8 Å². The topological polar surface area (TPSA) is 120 Å². The Bertz CT molecular complexity index is 1460. The van der Waals surface area contributed by atoms with Gasteiger partial charge in [0.25, 0.3) is 0 Å². The number of amides is 1. The van der Waals surface area contributed by atoms with E-state index in [0.29, 0.717) is 53.0 Å². The number of aromatic nitrogens is 2. The maximum Gasteiger partial charge on any atom is 0.248 e. The Hall–Kier alpha value is -3.06. The first-order valence-corrected chi connectivity index (χ1v) is 14.8. The second kappa shape index (κ2) is 10.6. The van der Waals surface area contributed by atoms with Gasteiger partial charge in [0.1, 0.15) is 28.0 Å². The lowest BCUT2D eigenvalue weighted by molar-refractivity contribution is -0.118. The van der Waals surface area contributed by atoms with Gasteiger partial charge in [-0.05, 0) is 42.3 Å². The van der Waals surface area contributed by atoms with E-state index in [0.717, 1.165) is 12.2 Å². The molecule has 38 heavy (non-hydrogen) atoms. The van der Waals surface area contributed by atoms with Crippen LogP contribution in [0.5, 0.6) is 0 Å². The number of carbonyl (C=O) groups excluding carboxylic acids is 1. The highest BCUT2D eigenvalue weighted by Gasteiger charge is 2.56. The van der Waals surface area contributed by atoms with E-state index in [1.807, 2.05) is 31.1 Å². The lowest BCUT2D eigenvalue weighted by Crippen LogP contribution is -2.32. The maximum absolute atomic E-state index is 13.7. The molecule has 202 valence electrons. The van der Waals surface area contributed by atoms with Crippen molar-refractivity contribution in [3.63, 3.8) is 0 Å². The Kier molecular flexibility index (Phi) is 7.40. The minimum atomic E-state index is -3.46. The van der Waals surface area contributed by atoms with Gasteiger partial charge < -0.3 is 24.4 Å². The quantitative estimate of drug-likeness (QED) is 0.354. The van der Waals surface area contributed by atoms with Crippen molar-refractivity contribution in [2.45, 2.75) is 29.3 Å². The SMILES string of the molecule is COCCCS(=O)(=O)c1ccc(C2(C(=O)Nc3nc4ccc(N(C)C)nc4s3)C=C2O[C@@H]2CCOC2)cc1. The molecule has 1 aliphatic carbocycles. The molecule has 1 aromatic carbocycles. The minimum Gasteiger partial charge on any atom is -0.491 e. The van der Waals surface area contributed by atoms with Crippen molar-refractivity contribution < 1.29 is 27.4 Å². The molecule has 0 saturated carbocycles. The summed E-state index contributed by atoms with van der Waals surface area (Å²) < 4.78 is 41.9. The van der Waals surface area contributed by atoms with Gasteiger partial charge in [0.2, 0.25) is 5.91 Å². The van der Waals surface area contributed by atoms with Gasteiger partial charge >= 0.3 is 0 Å². The highest BCUT2D eigenvalue weighted by Crippen LogP contribution is 2.49. The molecular formula is C26H30N4O6S2. The van der Waals surface area contributed by atoms with Crippen LogP contribution in [0.3, 0.4) is 0 Å². The van der Waals surface area contributed by atoms with Crippen LogP contribution in [0.4, 0.5) is 10.9 Å². The van der Waals surface area contributed by atoms with Crippen molar-refractivity contribution in [2.75, 3.05) is 57.0 Å². The Morgan fingerprint density at radius 2 is 2.00 bits per heavy atom. The second-order valence-corrected chi connectivity index (χ2v) is 12.6. The molecule has 2 aromatic heterocycles. The van der Waals surface area contributed by atoms with Crippen molar-refractivity contribution in [2.24, 2.45) is 0 Å². The van der Waals surface area contributed by atoms with Gasteiger partial charge in [-0.3, -0.25) is 4.79 Å². The molecule has 0 bridgehead atoms. The largest absolute Gasteiger partial charge is 0.491 e. The minimum absolute atomic E-state index is 0.0126. The van der Waals surface area contributed by atoms with Crippen molar-refractivity contribution in [1.29, 1.82) is 0 Å². The highest BCUT2D eigenvalue weighted by molar-refractivity contribution is 7.91. The predicted molar refractivity (Wildman–Crippen MR) is 145 cm³/mol. The standard InChI is InChI=1S/C26H30N4O6S2/c1-30(2)22-10-9-20-23(28-22)37-25(27-20)29-24(31)26(15-21(26)36-18-11-13-35-16-18)17-5-7-19(8-6-17)38(32,33)14-4-12-34-3/h5-10,15,18H,4,11-14,16H2,1-3H3,(H,27,29,31)/t18-,26?/m1/s1. The number of pyridine rings is 1. The summed E-state index contributed by atoms with van der Waals surface area (Å²) in [7, 11) is 1.90. The molecular weight excluding hydrogens is 528 g/mol. The number of nitrogens with one attached hydrogen (secondary N) is 1. The van der Waals surface area contributed by atoms with Gasteiger partial charge in [0, 0.05) is 34.2 Å². The number of thiazole rings is 1. The van der Waals surface area contributed by atoms with Crippen LogP contribution in [0.15, 0.2) is 53.1 Å². The summed E-state index contributed by atoms with van der Waals surface area (Å²) in [4.78, 5) is 25.7. The normalized spacial score (nSPS) is 20.8. The number of fused-ring (bicyclic) bond motifs is 1. The fraction of sp³-hybridized carbons (Fsp3) is 0.423. The van der Waals surface area contributed by atoms with E-state index in [2.05, 4.69) is 15.3 Å². The molecule has 10 nitrogen and oxygen atoms in total. The van der Waals surface area contributed by atoms with E-state index >= 15 is 0 Å². The molecule has 3 heterocycles. The molecule has 1 saturated heterocycles. The third-order valence-corrected chi connectivity index (χ3v) is 9.24. The number of nitrogens with zero attached hydrogens (tertiary/aromatic N) is 3. The smallest absolute Gasteiger partial charge is 0.248 e. The summed E-state index contributed by atoms with van der Waals surface area (Å²) in [5, 5.41) is 3.36. The van der Waals surface area contributed by atoms with Gasteiger partial charge in [-0.1, -0.05) is 23.5 Å². The number of rotatable bonds is 11. The average Bonchev–Trinajstić information content (AvgIpc) is 3.18. The molecule has 12 heteroatoms. The van der Waals surface area contributed by atoms with Gasteiger partial charge in [-0.25, -0.2) is 18.4 Å². The lowest BCUT2D eigenvalue weighted by Gasteiger charge is -2.20. The summed E-state index contributed by atoms with van der Waals surface area (Å²) in [5.41, 5.74) is 0.159. The number of benzene rings is 1. The first-order valence-electron chi connectivity index (χ1n) is 12.3. The van der Waals surface area contributed by atoms with E-state index in [-0.39, 0.29) is 22.7 Å². The number of sulfone groups is 1. The van der Waals surface area contributed by atoms with Crippen molar-refractivity contribution in [1.82, 2.24) is 9.97 Å². The van der Waals surface area contributed by atoms with Crippen molar-refractivity contribution >= 4 is 48.4 Å². The fourth-order valence-electron chi connectivity index (χ4n) is 4.35. The number of hydrogen-bond acceptors (Lipinski definition) is 10. The maximum atomic E-state index is 13.7. The van der Waals surface area contributed by atoms with E-state index in [4.69, 9.17) is 14.2 Å². The Morgan fingerprint density at radius 3 is 2.68 bits per heavy atom. The van der Waals surface area contributed by atoms with Crippen molar-refractivity contribution in [3.8, 4) is 0 Å². The molecule has 1 aliphatic heterocycles. The van der Waals surface area contributed by atoms with Crippen LogP contribution < -0.4 is 10.2 Å². The van der Waals surface area contributed by atoms with Gasteiger partial charge in [-0.2, -0.15) is 0 Å². The first kappa shape index (κ1) is 26.5. The molecule has 1 fully saturated rings. The third kappa shape index (κ3) is 5.26. The Morgan fingerprint density at radius 1 is 1.21 bits per heavy atom. The van der Waals surface area contributed by atoms with Crippen LogP contribution in [-0.4, -0.2) is 77.2 Å². The van der Waals surface area contributed by atoms with Crippen LogP contribution in [0, 0.1) is 0 Å². The number of carbonyl (C=O) groups is 1. The van der Waals surface area contributed by atoms with E-state index in [9.17, 15) is 13.2 Å². The second-order valence-electron chi connectivity index (χ2n) is 9.47. The molecule has 1 amide bonds. The lowest BCUT2D eigenvalue weighted by atomic mass is 9.91.